The van der Waals surface area contributed by atoms with Crippen LogP contribution < -0.4 is 5.73 Å². The molecule has 0 aliphatic carbocycles. The lowest BCUT2D eigenvalue weighted by atomic mass is 10.3. The molecule has 2 heterocycles. The Bertz CT molecular complexity index is 506. The van der Waals surface area contributed by atoms with E-state index < -0.39 is 5.97 Å². The summed E-state index contributed by atoms with van der Waals surface area (Å²) in [4.78, 5) is 22.2. The van der Waals surface area contributed by atoms with Crippen molar-refractivity contribution in [3.8, 4) is 0 Å². The summed E-state index contributed by atoms with van der Waals surface area (Å²) in [6.07, 6.45) is 3.04. The van der Waals surface area contributed by atoms with Crippen LogP contribution in [-0.2, 0) is 4.74 Å². The summed E-state index contributed by atoms with van der Waals surface area (Å²) in [7, 11) is 0. The smallest absolute Gasteiger partial charge is 0.357 e. The van der Waals surface area contributed by atoms with Crippen molar-refractivity contribution in [1.82, 2.24) is 15.0 Å². The minimum Gasteiger partial charge on any atom is -0.461 e. The molecule has 0 radical (unpaired) electrons. The van der Waals surface area contributed by atoms with Gasteiger partial charge in [-0.2, -0.15) is 0 Å². The zero-order valence-corrected chi connectivity index (χ0v) is 8.15. The van der Waals surface area contributed by atoms with E-state index in [2.05, 4.69) is 15.0 Å². The Morgan fingerprint density at radius 1 is 1.53 bits per heavy atom. The van der Waals surface area contributed by atoms with Crippen LogP contribution in [0.15, 0.2) is 12.4 Å². The number of esters is 1. The first kappa shape index (κ1) is 9.45. The second kappa shape index (κ2) is 3.56. The van der Waals surface area contributed by atoms with E-state index in [1.165, 1.54) is 12.4 Å². The molecule has 2 aromatic heterocycles. The first-order chi connectivity index (χ1) is 7.24. The number of fused-ring (bicyclic) bond motifs is 1. The maximum Gasteiger partial charge on any atom is 0.357 e. The molecule has 6 heteroatoms. The molecule has 0 atom stereocenters. The number of nitrogens with zero attached hydrogens (tertiary/aromatic N) is 2. The van der Waals surface area contributed by atoms with Crippen molar-refractivity contribution < 1.29 is 9.53 Å². The van der Waals surface area contributed by atoms with Gasteiger partial charge in [-0.25, -0.2) is 14.8 Å². The fourth-order valence-corrected chi connectivity index (χ4v) is 1.29. The van der Waals surface area contributed by atoms with Crippen molar-refractivity contribution in [1.29, 1.82) is 0 Å². The van der Waals surface area contributed by atoms with Gasteiger partial charge in [0.2, 0.25) is 0 Å². The van der Waals surface area contributed by atoms with E-state index in [1.807, 2.05) is 0 Å². The molecule has 0 spiro atoms. The summed E-state index contributed by atoms with van der Waals surface area (Å²) < 4.78 is 4.83. The van der Waals surface area contributed by atoms with E-state index >= 15 is 0 Å². The zero-order valence-electron chi connectivity index (χ0n) is 8.15. The van der Waals surface area contributed by atoms with Gasteiger partial charge in [-0.05, 0) is 6.92 Å². The minimum absolute atomic E-state index is 0.207. The van der Waals surface area contributed by atoms with Crippen molar-refractivity contribution in [2.24, 2.45) is 0 Å². The molecular formula is C9H10N4O2. The lowest BCUT2D eigenvalue weighted by molar-refractivity contribution is 0.0522. The summed E-state index contributed by atoms with van der Waals surface area (Å²) in [5, 5.41) is 0. The molecule has 78 valence electrons. The second-order valence-corrected chi connectivity index (χ2v) is 2.89. The van der Waals surface area contributed by atoms with Crippen LogP contribution in [0.5, 0.6) is 0 Å². The van der Waals surface area contributed by atoms with E-state index in [1.54, 1.807) is 6.92 Å². The molecule has 2 aromatic rings. The third-order valence-electron chi connectivity index (χ3n) is 1.95. The van der Waals surface area contributed by atoms with Gasteiger partial charge in [-0.1, -0.05) is 0 Å². The average molecular weight is 206 g/mol. The van der Waals surface area contributed by atoms with E-state index in [9.17, 15) is 4.79 Å². The number of nitrogens with two attached hydrogens (primary N) is 1. The van der Waals surface area contributed by atoms with Gasteiger partial charge < -0.3 is 15.5 Å². The highest BCUT2D eigenvalue weighted by atomic mass is 16.5. The molecule has 0 unspecified atom stereocenters. The fourth-order valence-electron chi connectivity index (χ4n) is 1.29. The quantitative estimate of drug-likeness (QED) is 0.706. The van der Waals surface area contributed by atoms with Crippen LogP contribution in [0, 0.1) is 0 Å². The molecule has 6 nitrogen and oxygen atoms in total. The molecule has 3 N–H and O–H groups in total. The number of ether oxygens (including phenoxy) is 1. The maximum absolute atomic E-state index is 11.4. The average Bonchev–Trinajstić information content (AvgIpc) is 2.57. The molecule has 0 aliphatic rings. The number of nitrogens with one attached hydrogen (secondary N) is 1. The van der Waals surface area contributed by atoms with Gasteiger partial charge in [0.25, 0.3) is 0 Å². The number of nitrogen functional groups attached to an aromatic ring is 1. The molecule has 0 saturated heterocycles. The SMILES string of the molecule is CCOC(=O)c1[nH]c2nccnc2c1N. The Morgan fingerprint density at radius 2 is 2.27 bits per heavy atom. The molecule has 0 amide bonds. The normalized spacial score (nSPS) is 10.5. The summed E-state index contributed by atoms with van der Waals surface area (Å²) in [5.74, 6) is -0.491. The highest BCUT2D eigenvalue weighted by molar-refractivity contribution is 6.02. The first-order valence-corrected chi connectivity index (χ1v) is 4.49. The number of rotatable bonds is 2. The molecule has 0 saturated carbocycles. The van der Waals surface area contributed by atoms with E-state index in [-0.39, 0.29) is 11.4 Å². The summed E-state index contributed by atoms with van der Waals surface area (Å²) in [5.41, 5.74) is 7.19. The van der Waals surface area contributed by atoms with Gasteiger partial charge in [0.05, 0.1) is 12.3 Å². The number of carbonyl (C=O) groups excluding carboxylic acids is 1. The topological polar surface area (TPSA) is 93.9 Å². The highest BCUT2D eigenvalue weighted by Crippen LogP contribution is 2.21. The van der Waals surface area contributed by atoms with Gasteiger partial charge in [0, 0.05) is 12.4 Å². The van der Waals surface area contributed by atoms with Gasteiger partial charge in [0.1, 0.15) is 5.52 Å². The Kier molecular flexibility index (Phi) is 2.24. The highest BCUT2D eigenvalue weighted by Gasteiger charge is 2.17. The van der Waals surface area contributed by atoms with E-state index in [0.29, 0.717) is 17.8 Å². The van der Waals surface area contributed by atoms with Crippen molar-refractivity contribution in [3.05, 3.63) is 18.1 Å². The molecule has 0 aromatic carbocycles. The molecule has 2 rings (SSSR count). The van der Waals surface area contributed by atoms with Crippen LogP contribution in [0.25, 0.3) is 11.2 Å². The monoisotopic (exact) mass is 206 g/mol. The number of hydrogen-bond acceptors (Lipinski definition) is 5. The summed E-state index contributed by atoms with van der Waals surface area (Å²) in [6.45, 7) is 2.03. The Labute approximate surface area is 85.5 Å². The minimum atomic E-state index is -0.491. The van der Waals surface area contributed by atoms with Crippen LogP contribution in [-0.4, -0.2) is 27.5 Å². The summed E-state index contributed by atoms with van der Waals surface area (Å²) >= 11 is 0. The third kappa shape index (κ3) is 1.50. The van der Waals surface area contributed by atoms with Gasteiger partial charge in [-0.3, -0.25) is 0 Å². The van der Waals surface area contributed by atoms with E-state index in [4.69, 9.17) is 10.5 Å². The van der Waals surface area contributed by atoms with Crippen LogP contribution in [0.3, 0.4) is 0 Å². The van der Waals surface area contributed by atoms with Crippen molar-refractivity contribution in [2.75, 3.05) is 12.3 Å². The predicted octanol–water partition coefficient (Wildman–Crippen LogP) is 0.717. The van der Waals surface area contributed by atoms with Gasteiger partial charge in [-0.15, -0.1) is 0 Å². The number of H-pyrrole nitrogens is 1. The van der Waals surface area contributed by atoms with Crippen LogP contribution in [0.4, 0.5) is 5.69 Å². The van der Waals surface area contributed by atoms with Crippen molar-refractivity contribution >= 4 is 22.8 Å². The van der Waals surface area contributed by atoms with Gasteiger partial charge >= 0.3 is 5.97 Å². The molecule has 0 bridgehead atoms. The summed E-state index contributed by atoms with van der Waals surface area (Å²) in [6, 6.07) is 0. The van der Waals surface area contributed by atoms with Crippen molar-refractivity contribution in [2.45, 2.75) is 6.92 Å². The Morgan fingerprint density at radius 3 is 2.93 bits per heavy atom. The third-order valence-corrected chi connectivity index (χ3v) is 1.95. The predicted molar refractivity (Wildman–Crippen MR) is 54.3 cm³/mol. The number of anilines is 1. The Balaban J connectivity index is 2.53. The lowest BCUT2D eigenvalue weighted by Gasteiger charge is -1.98. The lowest BCUT2D eigenvalue weighted by Crippen LogP contribution is -2.07. The molecule has 0 fully saturated rings. The van der Waals surface area contributed by atoms with Gasteiger partial charge in [0.15, 0.2) is 11.3 Å². The number of aromatic amines is 1. The maximum atomic E-state index is 11.4. The second-order valence-electron chi connectivity index (χ2n) is 2.89. The Hall–Kier alpha value is -2.11. The largest absolute Gasteiger partial charge is 0.461 e. The molecule has 0 aliphatic heterocycles. The van der Waals surface area contributed by atoms with Crippen LogP contribution in [0.2, 0.25) is 0 Å². The van der Waals surface area contributed by atoms with Crippen LogP contribution >= 0.6 is 0 Å². The number of hydrogen-bond donors (Lipinski definition) is 2. The standard InChI is InChI=1S/C9H10N4O2/c1-2-15-9(14)7-5(10)6-8(13-7)12-4-3-11-6/h3-4H,2,10H2,1H3,(H,12,13). The molecular weight excluding hydrogens is 196 g/mol. The van der Waals surface area contributed by atoms with Crippen molar-refractivity contribution in [3.63, 3.8) is 0 Å². The van der Waals surface area contributed by atoms with E-state index in [0.717, 1.165) is 0 Å². The fraction of sp³-hybridized carbons (Fsp3) is 0.222. The molecule has 15 heavy (non-hydrogen) atoms. The number of carbonyl (C=O) groups is 1. The first-order valence-electron chi connectivity index (χ1n) is 4.49. The number of aromatic nitrogens is 3. The van der Waals surface area contributed by atoms with Crippen LogP contribution in [0.1, 0.15) is 17.4 Å². The zero-order chi connectivity index (χ0) is 10.8.